The van der Waals surface area contributed by atoms with Crippen LogP contribution in [-0.2, 0) is 4.79 Å². The first-order chi connectivity index (χ1) is 12.1. The van der Waals surface area contributed by atoms with Gasteiger partial charge < -0.3 is 15.0 Å². The van der Waals surface area contributed by atoms with Crippen LogP contribution in [0.5, 0.6) is 11.5 Å². The topological polar surface area (TPSA) is 58.6 Å². The molecule has 0 bridgehead atoms. The Bertz CT molecular complexity index is 841. The van der Waals surface area contributed by atoms with Gasteiger partial charge in [0.1, 0.15) is 5.75 Å². The van der Waals surface area contributed by atoms with Crippen LogP contribution >= 0.6 is 0 Å². The highest BCUT2D eigenvalue weighted by Gasteiger charge is 2.27. The molecule has 2 aliphatic rings. The molecular weight excluding hydrogens is 316 g/mol. The first kappa shape index (κ1) is 15.7. The molecule has 1 aliphatic carbocycles. The second kappa shape index (κ2) is 6.24. The molecule has 1 N–H and O–H groups in total. The number of ether oxygens (including phenoxy) is 1. The lowest BCUT2D eigenvalue weighted by Gasteiger charge is -2.16. The third-order valence-corrected chi connectivity index (χ3v) is 4.95. The number of amides is 2. The molecule has 0 aromatic heterocycles. The average molecular weight is 336 g/mol. The molecular formula is C20H20N2O3. The van der Waals surface area contributed by atoms with Gasteiger partial charge in [-0.05, 0) is 43.2 Å². The van der Waals surface area contributed by atoms with Crippen LogP contribution in [0.15, 0.2) is 42.5 Å². The second-order valence-corrected chi connectivity index (χ2v) is 6.62. The SMILES string of the molecule is CN1C(=O)c2cc(NC(=O)C3CCCC3)ccc2Oc2ccccc21. The molecule has 0 radical (unpaired) electrons. The van der Waals surface area contributed by atoms with E-state index in [1.165, 1.54) is 0 Å². The third-order valence-electron chi connectivity index (χ3n) is 4.95. The maximum absolute atomic E-state index is 12.8. The van der Waals surface area contributed by atoms with Crippen molar-refractivity contribution in [1.82, 2.24) is 0 Å². The summed E-state index contributed by atoms with van der Waals surface area (Å²) >= 11 is 0. The average Bonchev–Trinajstić information content (AvgIpc) is 3.14. The molecule has 1 saturated carbocycles. The van der Waals surface area contributed by atoms with Crippen LogP contribution in [0.4, 0.5) is 11.4 Å². The van der Waals surface area contributed by atoms with Gasteiger partial charge in [0.25, 0.3) is 5.91 Å². The number of hydrogen-bond donors (Lipinski definition) is 1. The van der Waals surface area contributed by atoms with Gasteiger partial charge in [0.2, 0.25) is 5.91 Å². The maximum atomic E-state index is 12.8. The molecule has 128 valence electrons. The van der Waals surface area contributed by atoms with E-state index in [0.29, 0.717) is 22.7 Å². The van der Waals surface area contributed by atoms with Crippen molar-refractivity contribution in [3.05, 3.63) is 48.0 Å². The molecule has 0 unspecified atom stereocenters. The molecule has 25 heavy (non-hydrogen) atoms. The largest absolute Gasteiger partial charge is 0.454 e. The summed E-state index contributed by atoms with van der Waals surface area (Å²) in [4.78, 5) is 26.7. The molecule has 0 saturated heterocycles. The summed E-state index contributed by atoms with van der Waals surface area (Å²) in [6.07, 6.45) is 4.10. The molecule has 1 aliphatic heterocycles. The number of hydrogen-bond acceptors (Lipinski definition) is 3. The van der Waals surface area contributed by atoms with Crippen LogP contribution in [0.2, 0.25) is 0 Å². The summed E-state index contributed by atoms with van der Waals surface area (Å²) in [7, 11) is 1.73. The predicted octanol–water partition coefficient (Wildman–Crippen LogP) is 4.20. The number of benzene rings is 2. The van der Waals surface area contributed by atoms with E-state index in [0.717, 1.165) is 31.4 Å². The molecule has 2 aromatic rings. The number of carbonyl (C=O) groups excluding carboxylic acids is 2. The van der Waals surface area contributed by atoms with Crippen molar-refractivity contribution in [2.45, 2.75) is 25.7 Å². The van der Waals surface area contributed by atoms with Gasteiger partial charge in [-0.1, -0.05) is 25.0 Å². The zero-order chi connectivity index (χ0) is 17.4. The molecule has 4 rings (SSSR count). The zero-order valence-corrected chi connectivity index (χ0v) is 14.1. The fourth-order valence-electron chi connectivity index (χ4n) is 3.53. The Kier molecular flexibility index (Phi) is 3.92. The molecule has 0 spiro atoms. The smallest absolute Gasteiger partial charge is 0.261 e. The summed E-state index contributed by atoms with van der Waals surface area (Å²) in [6.45, 7) is 0. The first-order valence-corrected chi connectivity index (χ1v) is 8.63. The fourth-order valence-corrected chi connectivity index (χ4v) is 3.53. The summed E-state index contributed by atoms with van der Waals surface area (Å²) in [6, 6.07) is 12.7. The number of carbonyl (C=O) groups is 2. The summed E-state index contributed by atoms with van der Waals surface area (Å²) in [5.41, 5.74) is 1.80. The maximum Gasteiger partial charge on any atom is 0.261 e. The Hall–Kier alpha value is -2.82. The van der Waals surface area contributed by atoms with E-state index in [1.807, 2.05) is 24.3 Å². The first-order valence-electron chi connectivity index (χ1n) is 8.63. The van der Waals surface area contributed by atoms with E-state index in [-0.39, 0.29) is 17.7 Å². The van der Waals surface area contributed by atoms with Crippen molar-refractivity contribution in [1.29, 1.82) is 0 Å². The van der Waals surface area contributed by atoms with Crippen molar-refractivity contribution < 1.29 is 14.3 Å². The lowest BCUT2D eigenvalue weighted by Crippen LogP contribution is -2.25. The number of anilines is 2. The number of rotatable bonds is 2. The van der Waals surface area contributed by atoms with Gasteiger partial charge in [0.15, 0.2) is 5.75 Å². The van der Waals surface area contributed by atoms with Gasteiger partial charge in [-0.25, -0.2) is 0 Å². The fraction of sp³-hybridized carbons (Fsp3) is 0.300. The Balaban J connectivity index is 1.64. The lowest BCUT2D eigenvalue weighted by molar-refractivity contribution is -0.119. The van der Waals surface area contributed by atoms with Crippen molar-refractivity contribution >= 4 is 23.2 Å². The van der Waals surface area contributed by atoms with Crippen molar-refractivity contribution in [2.75, 3.05) is 17.3 Å². The quantitative estimate of drug-likeness (QED) is 0.894. The Labute approximate surface area is 146 Å². The summed E-state index contributed by atoms with van der Waals surface area (Å²) in [5, 5.41) is 2.95. The van der Waals surface area contributed by atoms with Gasteiger partial charge in [0.05, 0.1) is 11.3 Å². The second-order valence-electron chi connectivity index (χ2n) is 6.62. The van der Waals surface area contributed by atoms with Gasteiger partial charge in [-0.3, -0.25) is 9.59 Å². The molecule has 0 atom stereocenters. The van der Waals surface area contributed by atoms with Crippen molar-refractivity contribution in [2.24, 2.45) is 5.92 Å². The van der Waals surface area contributed by atoms with E-state index < -0.39 is 0 Å². The van der Waals surface area contributed by atoms with Gasteiger partial charge in [-0.15, -0.1) is 0 Å². The monoisotopic (exact) mass is 336 g/mol. The minimum absolute atomic E-state index is 0.0380. The minimum Gasteiger partial charge on any atom is -0.454 e. The minimum atomic E-state index is -0.156. The standard InChI is InChI=1S/C20H20N2O3/c1-22-16-8-4-5-9-18(16)25-17-11-10-14(12-15(17)20(22)24)21-19(23)13-6-2-3-7-13/h4-5,8-13H,2-3,6-7H2,1H3,(H,21,23). The number of para-hydroxylation sites is 2. The lowest BCUT2D eigenvalue weighted by atomic mass is 10.1. The molecule has 5 nitrogen and oxygen atoms in total. The van der Waals surface area contributed by atoms with Crippen LogP contribution in [0.25, 0.3) is 0 Å². The number of nitrogens with one attached hydrogen (secondary N) is 1. The van der Waals surface area contributed by atoms with Crippen LogP contribution < -0.4 is 15.0 Å². The van der Waals surface area contributed by atoms with Gasteiger partial charge in [0, 0.05) is 18.7 Å². The normalized spacial score (nSPS) is 16.7. The molecule has 5 heteroatoms. The Morgan fingerprint density at radius 3 is 2.68 bits per heavy atom. The van der Waals surface area contributed by atoms with Crippen LogP contribution in [-0.4, -0.2) is 18.9 Å². The Morgan fingerprint density at radius 1 is 1.12 bits per heavy atom. The molecule has 1 fully saturated rings. The van der Waals surface area contributed by atoms with Crippen molar-refractivity contribution in [3.8, 4) is 11.5 Å². The van der Waals surface area contributed by atoms with E-state index in [4.69, 9.17) is 4.74 Å². The number of nitrogens with zero attached hydrogens (tertiary/aromatic N) is 1. The third kappa shape index (κ3) is 2.86. The van der Waals surface area contributed by atoms with Crippen LogP contribution in [0.3, 0.4) is 0 Å². The van der Waals surface area contributed by atoms with Crippen molar-refractivity contribution in [3.63, 3.8) is 0 Å². The van der Waals surface area contributed by atoms with Gasteiger partial charge in [-0.2, -0.15) is 0 Å². The molecule has 2 aromatic carbocycles. The highest BCUT2D eigenvalue weighted by molar-refractivity contribution is 6.10. The molecule has 2 amide bonds. The van der Waals surface area contributed by atoms with E-state index in [2.05, 4.69) is 5.32 Å². The van der Waals surface area contributed by atoms with Gasteiger partial charge >= 0.3 is 0 Å². The van der Waals surface area contributed by atoms with E-state index in [9.17, 15) is 9.59 Å². The highest BCUT2D eigenvalue weighted by atomic mass is 16.5. The van der Waals surface area contributed by atoms with E-state index in [1.54, 1.807) is 30.1 Å². The zero-order valence-electron chi connectivity index (χ0n) is 14.1. The Morgan fingerprint density at radius 2 is 1.88 bits per heavy atom. The predicted molar refractivity (Wildman–Crippen MR) is 96.3 cm³/mol. The van der Waals surface area contributed by atoms with Crippen LogP contribution in [0, 0.1) is 5.92 Å². The summed E-state index contributed by atoms with van der Waals surface area (Å²) < 4.78 is 5.93. The summed E-state index contributed by atoms with van der Waals surface area (Å²) in [5.74, 6) is 1.10. The highest BCUT2D eigenvalue weighted by Crippen LogP contribution is 2.39. The molecule has 1 heterocycles. The number of fused-ring (bicyclic) bond motifs is 2. The van der Waals surface area contributed by atoms with Crippen LogP contribution in [0.1, 0.15) is 36.0 Å². The van der Waals surface area contributed by atoms with E-state index >= 15 is 0 Å².